The van der Waals surface area contributed by atoms with Crippen LogP contribution < -0.4 is 5.32 Å². The fourth-order valence-electron chi connectivity index (χ4n) is 1.26. The van der Waals surface area contributed by atoms with E-state index in [0.29, 0.717) is 5.89 Å². The van der Waals surface area contributed by atoms with Crippen LogP contribution in [0.3, 0.4) is 0 Å². The molecule has 0 saturated carbocycles. The van der Waals surface area contributed by atoms with E-state index < -0.39 is 0 Å². The number of nitrogens with zero attached hydrogens (tertiary/aromatic N) is 2. The van der Waals surface area contributed by atoms with E-state index in [1.807, 2.05) is 6.92 Å². The second-order valence-corrected chi connectivity index (χ2v) is 6.87. The lowest BCUT2D eigenvalue weighted by molar-refractivity contribution is 0.303. The normalized spacial score (nSPS) is 15.0. The zero-order valence-electron chi connectivity index (χ0n) is 12.1. The summed E-state index contributed by atoms with van der Waals surface area (Å²) in [4.78, 5) is 4.44. The van der Waals surface area contributed by atoms with Crippen LogP contribution >= 0.6 is 0 Å². The Morgan fingerprint density at radius 2 is 1.76 bits per heavy atom. The molecular weight excluding hydrogens is 214 g/mol. The summed E-state index contributed by atoms with van der Waals surface area (Å²) in [7, 11) is 0. The van der Waals surface area contributed by atoms with Crippen LogP contribution in [0.5, 0.6) is 0 Å². The molecule has 1 rings (SSSR count). The topological polar surface area (TPSA) is 51.0 Å². The molecule has 0 amide bonds. The highest BCUT2D eigenvalue weighted by Gasteiger charge is 2.23. The van der Waals surface area contributed by atoms with Gasteiger partial charge in [-0.2, -0.15) is 4.98 Å². The first-order chi connectivity index (χ1) is 7.59. The summed E-state index contributed by atoms with van der Waals surface area (Å²) in [6.45, 7) is 15.8. The minimum atomic E-state index is -0.0640. The summed E-state index contributed by atoms with van der Waals surface area (Å²) in [5, 5.41) is 7.43. The van der Waals surface area contributed by atoms with E-state index in [4.69, 9.17) is 4.52 Å². The Hall–Kier alpha value is -0.900. The maximum Gasteiger partial charge on any atom is 0.243 e. The van der Waals surface area contributed by atoms with Gasteiger partial charge in [0.15, 0.2) is 5.82 Å². The summed E-state index contributed by atoms with van der Waals surface area (Å²) in [6, 6.07) is 0.0952. The molecule has 1 aromatic heterocycles. The third-order valence-corrected chi connectivity index (χ3v) is 2.42. The average molecular weight is 239 g/mol. The van der Waals surface area contributed by atoms with E-state index in [-0.39, 0.29) is 16.9 Å². The standard InChI is InChI=1S/C13H25N3O/c1-9(14-8-12(2,3)4)10-15-11(16-17-10)13(5,6)7/h9,14H,8H2,1-7H3. The fraction of sp³-hybridized carbons (Fsp3) is 0.846. The first kappa shape index (κ1) is 14.2. The Kier molecular flexibility index (Phi) is 3.97. The summed E-state index contributed by atoms with van der Waals surface area (Å²) in [5.41, 5.74) is 0.187. The Balaban J connectivity index is 2.64. The Bertz CT molecular complexity index is 357. The second-order valence-electron chi connectivity index (χ2n) is 6.87. The highest BCUT2D eigenvalue weighted by molar-refractivity contribution is 5.01. The largest absolute Gasteiger partial charge is 0.338 e. The van der Waals surface area contributed by atoms with Crippen molar-refractivity contribution in [2.45, 2.75) is 59.9 Å². The molecule has 1 aromatic rings. The van der Waals surface area contributed by atoms with Gasteiger partial charge in [-0.3, -0.25) is 0 Å². The van der Waals surface area contributed by atoms with Crippen LogP contribution in [0.2, 0.25) is 0 Å². The molecule has 0 aliphatic carbocycles. The van der Waals surface area contributed by atoms with Crippen LogP contribution in [0.15, 0.2) is 4.52 Å². The third-order valence-electron chi connectivity index (χ3n) is 2.42. The quantitative estimate of drug-likeness (QED) is 0.880. The zero-order valence-corrected chi connectivity index (χ0v) is 12.1. The van der Waals surface area contributed by atoms with E-state index in [2.05, 4.69) is 57.0 Å². The van der Waals surface area contributed by atoms with Gasteiger partial charge in [-0.25, -0.2) is 0 Å². The fourth-order valence-corrected chi connectivity index (χ4v) is 1.26. The van der Waals surface area contributed by atoms with Gasteiger partial charge < -0.3 is 9.84 Å². The molecule has 0 aromatic carbocycles. The summed E-state index contributed by atoms with van der Waals surface area (Å²) in [6.07, 6.45) is 0. The molecule has 1 heterocycles. The summed E-state index contributed by atoms with van der Waals surface area (Å²) in [5.74, 6) is 1.43. The van der Waals surface area contributed by atoms with Crippen molar-refractivity contribution in [2.75, 3.05) is 6.54 Å². The molecule has 0 spiro atoms. The smallest absolute Gasteiger partial charge is 0.243 e. The highest BCUT2D eigenvalue weighted by atomic mass is 16.5. The predicted molar refractivity (Wildman–Crippen MR) is 68.9 cm³/mol. The van der Waals surface area contributed by atoms with E-state index in [0.717, 1.165) is 12.4 Å². The van der Waals surface area contributed by atoms with Gasteiger partial charge in [-0.1, -0.05) is 46.7 Å². The van der Waals surface area contributed by atoms with Gasteiger partial charge in [-0.15, -0.1) is 0 Å². The lowest BCUT2D eigenvalue weighted by Crippen LogP contribution is -2.29. The first-order valence-corrected chi connectivity index (χ1v) is 6.17. The van der Waals surface area contributed by atoms with Crippen molar-refractivity contribution >= 4 is 0 Å². The average Bonchev–Trinajstić information content (AvgIpc) is 2.60. The van der Waals surface area contributed by atoms with Crippen molar-refractivity contribution in [3.05, 3.63) is 11.7 Å². The molecule has 4 nitrogen and oxygen atoms in total. The maximum absolute atomic E-state index is 5.29. The van der Waals surface area contributed by atoms with E-state index in [1.54, 1.807) is 0 Å². The van der Waals surface area contributed by atoms with Crippen LogP contribution in [0, 0.1) is 5.41 Å². The van der Waals surface area contributed by atoms with Crippen molar-refractivity contribution < 1.29 is 4.52 Å². The van der Waals surface area contributed by atoms with Gasteiger partial charge >= 0.3 is 0 Å². The molecule has 17 heavy (non-hydrogen) atoms. The zero-order chi connectivity index (χ0) is 13.3. The van der Waals surface area contributed by atoms with Crippen LogP contribution in [-0.2, 0) is 5.41 Å². The molecule has 0 fully saturated rings. The number of hydrogen-bond donors (Lipinski definition) is 1. The van der Waals surface area contributed by atoms with Gasteiger partial charge in [0.25, 0.3) is 0 Å². The Morgan fingerprint density at radius 1 is 1.18 bits per heavy atom. The third kappa shape index (κ3) is 4.46. The lowest BCUT2D eigenvalue weighted by Gasteiger charge is -2.20. The van der Waals surface area contributed by atoms with Crippen LogP contribution in [-0.4, -0.2) is 16.7 Å². The van der Waals surface area contributed by atoms with Crippen molar-refractivity contribution in [1.29, 1.82) is 0 Å². The molecule has 1 atom stereocenters. The van der Waals surface area contributed by atoms with Crippen molar-refractivity contribution in [3.63, 3.8) is 0 Å². The van der Waals surface area contributed by atoms with Crippen LogP contribution in [0.25, 0.3) is 0 Å². The SMILES string of the molecule is CC(NCC(C)(C)C)c1nc(C(C)(C)C)no1. The maximum atomic E-state index is 5.29. The van der Waals surface area contributed by atoms with Crippen molar-refractivity contribution in [1.82, 2.24) is 15.5 Å². The molecule has 0 aliphatic rings. The van der Waals surface area contributed by atoms with Gasteiger partial charge in [0, 0.05) is 12.0 Å². The highest BCUT2D eigenvalue weighted by Crippen LogP contribution is 2.21. The second kappa shape index (κ2) is 4.77. The van der Waals surface area contributed by atoms with Gasteiger partial charge in [0.2, 0.25) is 5.89 Å². The van der Waals surface area contributed by atoms with Crippen molar-refractivity contribution in [3.8, 4) is 0 Å². The van der Waals surface area contributed by atoms with Crippen LogP contribution in [0.1, 0.15) is 66.2 Å². The Morgan fingerprint density at radius 3 is 2.18 bits per heavy atom. The molecular formula is C13H25N3O. The van der Waals surface area contributed by atoms with E-state index in [1.165, 1.54) is 0 Å². The predicted octanol–water partition coefficient (Wildman–Crippen LogP) is 3.06. The molecule has 4 heteroatoms. The minimum absolute atomic E-state index is 0.0640. The molecule has 0 radical (unpaired) electrons. The lowest BCUT2D eigenvalue weighted by atomic mass is 9.96. The number of nitrogens with one attached hydrogen (secondary N) is 1. The number of rotatable bonds is 3. The van der Waals surface area contributed by atoms with E-state index >= 15 is 0 Å². The van der Waals surface area contributed by atoms with Gasteiger partial charge in [0.1, 0.15) is 0 Å². The van der Waals surface area contributed by atoms with Gasteiger partial charge in [-0.05, 0) is 12.3 Å². The van der Waals surface area contributed by atoms with Crippen molar-refractivity contribution in [2.24, 2.45) is 5.41 Å². The monoisotopic (exact) mass is 239 g/mol. The molecule has 0 aliphatic heterocycles. The molecule has 1 unspecified atom stereocenters. The molecule has 0 bridgehead atoms. The number of aromatic nitrogens is 2. The summed E-state index contributed by atoms with van der Waals surface area (Å²) >= 11 is 0. The van der Waals surface area contributed by atoms with Gasteiger partial charge in [0.05, 0.1) is 6.04 Å². The summed E-state index contributed by atoms with van der Waals surface area (Å²) < 4.78 is 5.29. The first-order valence-electron chi connectivity index (χ1n) is 6.17. The molecule has 0 saturated heterocycles. The molecule has 1 N–H and O–H groups in total. The number of hydrogen-bond acceptors (Lipinski definition) is 4. The Labute approximate surface area is 104 Å². The minimum Gasteiger partial charge on any atom is -0.338 e. The van der Waals surface area contributed by atoms with E-state index in [9.17, 15) is 0 Å². The van der Waals surface area contributed by atoms with Crippen LogP contribution in [0.4, 0.5) is 0 Å². The molecule has 98 valence electrons.